The SMILES string of the molecule is CN(C(=O)c1cc(C(=O)O)cc([N+](=O)[O-])c1)C1CCS(=O)(=O)C1. The molecule has 124 valence electrons. The highest BCUT2D eigenvalue weighted by atomic mass is 32.2. The Morgan fingerprint density at radius 1 is 1.30 bits per heavy atom. The number of nitro groups is 1. The van der Waals surface area contributed by atoms with E-state index in [1.165, 1.54) is 11.9 Å². The number of amides is 1. The summed E-state index contributed by atoms with van der Waals surface area (Å²) in [7, 11) is -1.80. The fourth-order valence-corrected chi connectivity index (χ4v) is 4.19. The Labute approximate surface area is 131 Å². The summed E-state index contributed by atoms with van der Waals surface area (Å²) in [5.41, 5.74) is -1.06. The van der Waals surface area contributed by atoms with Crippen molar-refractivity contribution in [3.05, 3.63) is 39.4 Å². The number of hydrogen-bond donors (Lipinski definition) is 1. The maximum absolute atomic E-state index is 12.4. The lowest BCUT2D eigenvalue weighted by Crippen LogP contribution is -2.37. The van der Waals surface area contributed by atoms with Gasteiger partial charge in [0.1, 0.15) is 0 Å². The fourth-order valence-electron chi connectivity index (χ4n) is 2.41. The van der Waals surface area contributed by atoms with Crippen LogP contribution in [0.15, 0.2) is 18.2 Å². The lowest BCUT2D eigenvalue weighted by atomic mass is 10.1. The van der Waals surface area contributed by atoms with Gasteiger partial charge in [-0.05, 0) is 12.5 Å². The highest BCUT2D eigenvalue weighted by Crippen LogP contribution is 2.22. The molecule has 9 nitrogen and oxygen atoms in total. The molecule has 1 aliphatic heterocycles. The maximum Gasteiger partial charge on any atom is 0.335 e. The summed E-state index contributed by atoms with van der Waals surface area (Å²) >= 11 is 0. The highest BCUT2D eigenvalue weighted by molar-refractivity contribution is 7.91. The molecule has 2 rings (SSSR count). The third-order valence-corrected chi connectivity index (χ3v) is 5.45. The number of aromatic carboxylic acids is 1. The number of carbonyl (C=O) groups is 2. The number of sulfone groups is 1. The van der Waals surface area contributed by atoms with Gasteiger partial charge in [-0.2, -0.15) is 0 Å². The van der Waals surface area contributed by atoms with Gasteiger partial charge in [0.05, 0.1) is 22.0 Å². The Bertz CT molecular complexity index is 755. The van der Waals surface area contributed by atoms with E-state index >= 15 is 0 Å². The summed E-state index contributed by atoms with van der Waals surface area (Å²) < 4.78 is 23.0. The second-order valence-electron chi connectivity index (χ2n) is 5.30. The lowest BCUT2D eigenvalue weighted by molar-refractivity contribution is -0.384. The molecule has 1 aliphatic rings. The third kappa shape index (κ3) is 3.65. The molecule has 23 heavy (non-hydrogen) atoms. The normalized spacial score (nSPS) is 19.3. The van der Waals surface area contributed by atoms with E-state index in [0.29, 0.717) is 0 Å². The number of carboxylic acids is 1. The summed E-state index contributed by atoms with van der Waals surface area (Å²) in [6, 6.07) is 2.35. The fraction of sp³-hybridized carbons (Fsp3) is 0.385. The van der Waals surface area contributed by atoms with Crippen molar-refractivity contribution in [1.82, 2.24) is 4.90 Å². The zero-order chi connectivity index (χ0) is 17.4. The standard InChI is InChI=1S/C13H14N2O7S/c1-14(10-2-3-23(21,22)7-10)12(16)8-4-9(13(17)18)6-11(5-8)15(19)20/h4-6,10H,2-3,7H2,1H3,(H,17,18). The largest absolute Gasteiger partial charge is 0.478 e. The summed E-state index contributed by atoms with van der Waals surface area (Å²) in [4.78, 5) is 34.7. The Kier molecular flexibility index (Phi) is 4.37. The van der Waals surface area contributed by atoms with E-state index in [2.05, 4.69) is 0 Å². The van der Waals surface area contributed by atoms with E-state index in [4.69, 9.17) is 5.11 Å². The van der Waals surface area contributed by atoms with E-state index in [1.54, 1.807) is 0 Å². The molecule has 1 unspecified atom stereocenters. The van der Waals surface area contributed by atoms with Crippen LogP contribution in [0.2, 0.25) is 0 Å². The van der Waals surface area contributed by atoms with Crippen LogP contribution in [0.1, 0.15) is 27.1 Å². The van der Waals surface area contributed by atoms with Gasteiger partial charge in [-0.1, -0.05) is 0 Å². The predicted molar refractivity (Wildman–Crippen MR) is 79.2 cm³/mol. The van der Waals surface area contributed by atoms with Gasteiger partial charge in [-0.15, -0.1) is 0 Å². The number of rotatable bonds is 4. The number of benzene rings is 1. The van der Waals surface area contributed by atoms with Gasteiger partial charge in [0.2, 0.25) is 0 Å². The van der Waals surface area contributed by atoms with Crippen molar-refractivity contribution in [2.45, 2.75) is 12.5 Å². The van der Waals surface area contributed by atoms with E-state index < -0.39 is 38.4 Å². The van der Waals surface area contributed by atoms with Crippen molar-refractivity contribution in [3.8, 4) is 0 Å². The first-order valence-electron chi connectivity index (χ1n) is 6.61. The van der Waals surface area contributed by atoms with Gasteiger partial charge < -0.3 is 10.0 Å². The molecule has 1 N–H and O–H groups in total. The first-order chi connectivity index (χ1) is 10.6. The Hall–Kier alpha value is -2.49. The molecule has 1 amide bonds. The number of nitrogens with zero attached hydrogens (tertiary/aromatic N) is 2. The minimum atomic E-state index is -3.20. The zero-order valence-corrected chi connectivity index (χ0v) is 12.9. The second kappa shape index (κ2) is 5.95. The van der Waals surface area contributed by atoms with Crippen molar-refractivity contribution in [3.63, 3.8) is 0 Å². The van der Waals surface area contributed by atoms with Crippen LogP contribution in [-0.4, -0.2) is 59.8 Å². The first-order valence-corrected chi connectivity index (χ1v) is 8.43. The first kappa shape index (κ1) is 16.9. The molecule has 0 spiro atoms. The zero-order valence-electron chi connectivity index (χ0n) is 12.1. The average molecular weight is 342 g/mol. The maximum atomic E-state index is 12.4. The van der Waals surface area contributed by atoms with E-state index in [9.17, 15) is 28.1 Å². The molecule has 1 aromatic carbocycles. The second-order valence-corrected chi connectivity index (χ2v) is 7.53. The average Bonchev–Trinajstić information content (AvgIpc) is 2.85. The van der Waals surface area contributed by atoms with E-state index in [0.717, 1.165) is 18.2 Å². The van der Waals surface area contributed by atoms with Gasteiger partial charge in [-0.3, -0.25) is 14.9 Å². The molecule has 0 saturated carbocycles. The summed E-state index contributed by atoms with van der Waals surface area (Å²) in [5.74, 6) is -2.24. The number of nitro benzene ring substituents is 1. The van der Waals surface area contributed by atoms with Gasteiger partial charge in [0.25, 0.3) is 11.6 Å². The van der Waals surface area contributed by atoms with Crippen LogP contribution in [0.25, 0.3) is 0 Å². The molecule has 1 atom stereocenters. The molecule has 0 radical (unpaired) electrons. The van der Waals surface area contributed by atoms with Crippen LogP contribution in [0.3, 0.4) is 0 Å². The number of hydrogen-bond acceptors (Lipinski definition) is 6. The minimum Gasteiger partial charge on any atom is -0.478 e. The van der Waals surface area contributed by atoms with Crippen LogP contribution in [0, 0.1) is 10.1 Å². The molecule has 1 fully saturated rings. The van der Waals surface area contributed by atoms with Gasteiger partial charge in [0.15, 0.2) is 9.84 Å². The summed E-state index contributed by atoms with van der Waals surface area (Å²) in [6.07, 6.45) is 0.283. The number of carboxylic acid groups (broad SMARTS) is 1. The Morgan fingerprint density at radius 3 is 2.39 bits per heavy atom. The van der Waals surface area contributed by atoms with Crippen LogP contribution >= 0.6 is 0 Å². The lowest BCUT2D eigenvalue weighted by Gasteiger charge is -2.23. The van der Waals surface area contributed by atoms with E-state index in [-0.39, 0.29) is 29.1 Å². The van der Waals surface area contributed by atoms with Crippen molar-refractivity contribution in [2.24, 2.45) is 0 Å². The molecular weight excluding hydrogens is 328 g/mol. The smallest absolute Gasteiger partial charge is 0.335 e. The molecule has 1 heterocycles. The summed E-state index contributed by atoms with van der Waals surface area (Å²) in [5, 5.41) is 19.9. The monoisotopic (exact) mass is 342 g/mol. The van der Waals surface area contributed by atoms with Crippen LogP contribution in [0.4, 0.5) is 5.69 Å². The molecular formula is C13H14N2O7S. The van der Waals surface area contributed by atoms with Crippen LogP contribution in [0.5, 0.6) is 0 Å². The van der Waals surface area contributed by atoms with Crippen LogP contribution < -0.4 is 0 Å². The molecule has 0 bridgehead atoms. The molecule has 0 aliphatic carbocycles. The van der Waals surface area contributed by atoms with Crippen LogP contribution in [-0.2, 0) is 9.84 Å². The van der Waals surface area contributed by atoms with Crippen molar-refractivity contribution >= 4 is 27.4 Å². The molecule has 10 heteroatoms. The number of non-ortho nitro benzene ring substituents is 1. The molecule has 0 aromatic heterocycles. The Morgan fingerprint density at radius 2 is 1.91 bits per heavy atom. The Balaban J connectivity index is 2.35. The third-order valence-electron chi connectivity index (χ3n) is 3.70. The van der Waals surface area contributed by atoms with Gasteiger partial charge in [0, 0.05) is 30.8 Å². The van der Waals surface area contributed by atoms with Gasteiger partial charge in [-0.25, -0.2) is 13.2 Å². The highest BCUT2D eigenvalue weighted by Gasteiger charge is 2.33. The topological polar surface area (TPSA) is 135 Å². The van der Waals surface area contributed by atoms with Crippen molar-refractivity contribution < 1.29 is 28.0 Å². The van der Waals surface area contributed by atoms with Gasteiger partial charge >= 0.3 is 5.97 Å². The quantitative estimate of drug-likeness (QED) is 0.623. The minimum absolute atomic E-state index is 0.0232. The van der Waals surface area contributed by atoms with E-state index in [1.807, 2.05) is 0 Å². The van der Waals surface area contributed by atoms with Crippen molar-refractivity contribution in [1.29, 1.82) is 0 Å². The summed E-state index contributed by atoms with van der Waals surface area (Å²) in [6.45, 7) is 0. The molecule has 1 aromatic rings. The van der Waals surface area contributed by atoms with Crippen molar-refractivity contribution in [2.75, 3.05) is 18.6 Å². The molecule has 1 saturated heterocycles. The predicted octanol–water partition coefficient (Wildman–Crippen LogP) is 0.552. The number of carbonyl (C=O) groups excluding carboxylic acids is 1.